The maximum absolute atomic E-state index is 9.52. The molecular weight excluding hydrogens is 290 g/mol. The summed E-state index contributed by atoms with van der Waals surface area (Å²) < 4.78 is 5.58. The Morgan fingerprint density at radius 1 is 1.10 bits per heavy atom. The Bertz CT molecular complexity index is 759. The van der Waals surface area contributed by atoms with E-state index in [2.05, 4.69) is 10.2 Å². The van der Waals surface area contributed by atoms with Gasteiger partial charge in [-0.3, -0.25) is 0 Å². The summed E-state index contributed by atoms with van der Waals surface area (Å²) in [5.41, 5.74) is 7.44. The van der Waals surface area contributed by atoms with Gasteiger partial charge in [0.15, 0.2) is 0 Å². The summed E-state index contributed by atoms with van der Waals surface area (Å²) in [7, 11) is 0. The number of phenolic OH excluding ortho intramolecular Hbond substituents is 1. The molecule has 6 heteroatoms. The van der Waals surface area contributed by atoms with E-state index in [-0.39, 0.29) is 17.5 Å². The molecule has 1 atom stereocenters. The maximum atomic E-state index is 9.52. The van der Waals surface area contributed by atoms with Crippen molar-refractivity contribution in [3.05, 3.63) is 65.0 Å². The molecule has 0 aliphatic rings. The van der Waals surface area contributed by atoms with Crippen LogP contribution in [0, 0.1) is 0 Å². The average molecular weight is 302 g/mol. The third-order valence-corrected chi connectivity index (χ3v) is 3.38. The number of nitrogens with zero attached hydrogens (tertiary/aromatic N) is 2. The van der Waals surface area contributed by atoms with Gasteiger partial charge in [-0.2, -0.15) is 0 Å². The highest BCUT2D eigenvalue weighted by molar-refractivity contribution is 6.33. The zero-order chi connectivity index (χ0) is 14.8. The molecule has 0 fully saturated rings. The molecule has 0 amide bonds. The largest absolute Gasteiger partial charge is 0.508 e. The minimum atomic E-state index is -0.511. The summed E-state index contributed by atoms with van der Waals surface area (Å²) in [6, 6.07) is 13.5. The Morgan fingerprint density at radius 2 is 1.86 bits per heavy atom. The van der Waals surface area contributed by atoms with Crippen LogP contribution in [0.2, 0.25) is 5.02 Å². The summed E-state index contributed by atoms with van der Waals surface area (Å²) in [4.78, 5) is 0. The number of aromatic hydroxyl groups is 1. The van der Waals surface area contributed by atoms with Crippen molar-refractivity contribution in [1.82, 2.24) is 10.2 Å². The van der Waals surface area contributed by atoms with E-state index in [1.54, 1.807) is 6.07 Å². The van der Waals surface area contributed by atoms with Crippen molar-refractivity contribution in [1.29, 1.82) is 0 Å². The molecule has 21 heavy (non-hydrogen) atoms. The van der Waals surface area contributed by atoms with Crippen molar-refractivity contribution in [2.45, 2.75) is 6.04 Å². The number of aromatic nitrogens is 2. The molecule has 1 aromatic heterocycles. The quantitative estimate of drug-likeness (QED) is 0.776. The predicted molar refractivity (Wildman–Crippen MR) is 78.9 cm³/mol. The van der Waals surface area contributed by atoms with Crippen molar-refractivity contribution in [3.63, 3.8) is 0 Å². The van der Waals surface area contributed by atoms with E-state index in [4.69, 9.17) is 21.8 Å². The lowest BCUT2D eigenvalue weighted by molar-refractivity contribution is 0.472. The van der Waals surface area contributed by atoms with Crippen LogP contribution in [0.25, 0.3) is 11.5 Å². The molecule has 0 aliphatic carbocycles. The van der Waals surface area contributed by atoms with Crippen LogP contribution < -0.4 is 5.73 Å². The standard InChI is InChI=1S/C15H12ClN3O2/c16-12-7-6-10(20)8-11(12)14-18-19-15(21-14)13(17)9-4-2-1-3-5-9/h1-8,13,20H,17H2. The van der Waals surface area contributed by atoms with E-state index < -0.39 is 6.04 Å². The number of rotatable bonds is 3. The van der Waals surface area contributed by atoms with Gasteiger partial charge < -0.3 is 15.3 Å². The Labute approximate surface area is 126 Å². The van der Waals surface area contributed by atoms with E-state index in [0.29, 0.717) is 10.6 Å². The molecule has 0 saturated heterocycles. The van der Waals surface area contributed by atoms with Gasteiger partial charge in [-0.25, -0.2) is 0 Å². The molecule has 3 rings (SSSR count). The third kappa shape index (κ3) is 2.74. The normalized spacial score (nSPS) is 12.3. The Hall–Kier alpha value is -2.37. The van der Waals surface area contributed by atoms with Gasteiger partial charge in [0.1, 0.15) is 11.8 Å². The molecule has 3 aromatic rings. The highest BCUT2D eigenvalue weighted by Crippen LogP contribution is 2.31. The highest BCUT2D eigenvalue weighted by Gasteiger charge is 2.18. The van der Waals surface area contributed by atoms with Crippen molar-refractivity contribution in [3.8, 4) is 17.2 Å². The average Bonchev–Trinajstić information content (AvgIpc) is 2.99. The fraction of sp³-hybridized carbons (Fsp3) is 0.0667. The smallest absolute Gasteiger partial charge is 0.249 e. The molecule has 0 aliphatic heterocycles. The second-order valence-electron chi connectivity index (χ2n) is 4.50. The molecule has 1 unspecified atom stereocenters. The first-order valence-electron chi connectivity index (χ1n) is 6.28. The first kappa shape index (κ1) is 13.6. The fourth-order valence-corrected chi connectivity index (χ4v) is 2.15. The lowest BCUT2D eigenvalue weighted by Crippen LogP contribution is -2.11. The monoisotopic (exact) mass is 301 g/mol. The van der Waals surface area contributed by atoms with Crippen LogP contribution in [-0.4, -0.2) is 15.3 Å². The van der Waals surface area contributed by atoms with Crippen molar-refractivity contribution >= 4 is 11.6 Å². The first-order valence-corrected chi connectivity index (χ1v) is 6.66. The lowest BCUT2D eigenvalue weighted by atomic mass is 10.1. The first-order chi connectivity index (χ1) is 10.1. The van der Waals surface area contributed by atoms with Crippen molar-refractivity contribution in [2.24, 2.45) is 5.73 Å². The maximum Gasteiger partial charge on any atom is 0.249 e. The number of hydrogen-bond donors (Lipinski definition) is 2. The molecule has 0 bridgehead atoms. The summed E-state index contributed by atoms with van der Waals surface area (Å²) in [5.74, 6) is 0.578. The topological polar surface area (TPSA) is 85.2 Å². The Kier molecular flexibility index (Phi) is 3.60. The van der Waals surface area contributed by atoms with Gasteiger partial charge in [-0.15, -0.1) is 10.2 Å². The lowest BCUT2D eigenvalue weighted by Gasteiger charge is -2.06. The van der Waals surface area contributed by atoms with Gasteiger partial charge in [-0.05, 0) is 23.8 Å². The van der Waals surface area contributed by atoms with Crippen LogP contribution in [-0.2, 0) is 0 Å². The van der Waals surface area contributed by atoms with Crippen LogP contribution >= 0.6 is 11.6 Å². The molecule has 0 spiro atoms. The molecular formula is C15H12ClN3O2. The summed E-state index contributed by atoms with van der Waals surface area (Å²) >= 11 is 6.07. The van der Waals surface area contributed by atoms with Gasteiger partial charge in [0.2, 0.25) is 11.8 Å². The summed E-state index contributed by atoms with van der Waals surface area (Å²) in [6.07, 6.45) is 0. The Morgan fingerprint density at radius 3 is 2.62 bits per heavy atom. The van der Waals surface area contributed by atoms with Crippen LogP contribution in [0.3, 0.4) is 0 Å². The van der Waals surface area contributed by atoms with Gasteiger partial charge in [0.05, 0.1) is 10.6 Å². The number of phenols is 1. The van der Waals surface area contributed by atoms with E-state index in [9.17, 15) is 5.11 Å². The molecule has 1 heterocycles. The van der Waals surface area contributed by atoms with Crippen LogP contribution in [0.15, 0.2) is 52.9 Å². The zero-order valence-electron chi connectivity index (χ0n) is 10.9. The van der Waals surface area contributed by atoms with E-state index in [1.165, 1.54) is 12.1 Å². The van der Waals surface area contributed by atoms with Crippen LogP contribution in [0.4, 0.5) is 0 Å². The molecule has 0 saturated carbocycles. The van der Waals surface area contributed by atoms with E-state index in [0.717, 1.165) is 5.56 Å². The van der Waals surface area contributed by atoms with Gasteiger partial charge in [0, 0.05) is 0 Å². The summed E-state index contributed by atoms with van der Waals surface area (Å²) in [6.45, 7) is 0. The second kappa shape index (κ2) is 5.55. The molecule has 106 valence electrons. The number of benzene rings is 2. The summed E-state index contributed by atoms with van der Waals surface area (Å²) in [5, 5.41) is 17.8. The number of halogens is 1. The molecule has 0 radical (unpaired) electrons. The Balaban J connectivity index is 1.95. The molecule has 3 N–H and O–H groups in total. The highest BCUT2D eigenvalue weighted by atomic mass is 35.5. The van der Waals surface area contributed by atoms with Crippen molar-refractivity contribution in [2.75, 3.05) is 0 Å². The van der Waals surface area contributed by atoms with Gasteiger partial charge >= 0.3 is 0 Å². The molecule has 2 aromatic carbocycles. The molecule has 5 nitrogen and oxygen atoms in total. The van der Waals surface area contributed by atoms with E-state index in [1.807, 2.05) is 30.3 Å². The van der Waals surface area contributed by atoms with Crippen LogP contribution in [0.1, 0.15) is 17.5 Å². The zero-order valence-corrected chi connectivity index (χ0v) is 11.7. The van der Waals surface area contributed by atoms with Gasteiger partial charge in [-0.1, -0.05) is 41.9 Å². The van der Waals surface area contributed by atoms with Crippen LogP contribution in [0.5, 0.6) is 5.75 Å². The number of nitrogens with two attached hydrogens (primary N) is 1. The minimum Gasteiger partial charge on any atom is -0.508 e. The minimum absolute atomic E-state index is 0.0708. The van der Waals surface area contributed by atoms with E-state index >= 15 is 0 Å². The predicted octanol–water partition coefficient (Wildman–Crippen LogP) is 3.14. The van der Waals surface area contributed by atoms with Crippen molar-refractivity contribution < 1.29 is 9.52 Å². The third-order valence-electron chi connectivity index (χ3n) is 3.05. The number of hydrogen-bond acceptors (Lipinski definition) is 5. The van der Waals surface area contributed by atoms with Gasteiger partial charge in [0.25, 0.3) is 0 Å². The SMILES string of the molecule is NC(c1ccccc1)c1nnc(-c2cc(O)ccc2Cl)o1. The second-order valence-corrected chi connectivity index (χ2v) is 4.91. The fourth-order valence-electron chi connectivity index (χ4n) is 1.95.